The first-order valence-corrected chi connectivity index (χ1v) is 9.03. The molecule has 0 aliphatic carbocycles. The molecule has 0 saturated carbocycles. The van der Waals surface area contributed by atoms with E-state index in [1.165, 1.54) is 5.56 Å². The number of carbonyl (C=O) groups excluding carboxylic acids is 1. The van der Waals surface area contributed by atoms with E-state index in [9.17, 15) is 4.79 Å². The van der Waals surface area contributed by atoms with Crippen LogP contribution in [0.2, 0.25) is 0 Å². The second-order valence-corrected chi connectivity index (χ2v) is 6.80. The molecule has 1 amide bonds. The Balaban J connectivity index is 1.75. The van der Waals surface area contributed by atoms with Crippen LogP contribution in [0.1, 0.15) is 38.7 Å². The summed E-state index contributed by atoms with van der Waals surface area (Å²) in [7, 11) is 1.75. The summed E-state index contributed by atoms with van der Waals surface area (Å²) in [5.74, 6) is 0.286. The molecule has 0 radical (unpaired) electrons. The molecule has 1 aliphatic heterocycles. The molecule has 1 aromatic rings. The van der Waals surface area contributed by atoms with Gasteiger partial charge in [-0.2, -0.15) is 0 Å². The minimum atomic E-state index is 0.286. The maximum Gasteiger partial charge on any atom is 0.222 e. The first-order chi connectivity index (χ1) is 11.6. The van der Waals surface area contributed by atoms with Crippen molar-refractivity contribution >= 4 is 5.91 Å². The van der Waals surface area contributed by atoms with Crippen LogP contribution >= 0.6 is 0 Å². The van der Waals surface area contributed by atoms with Crippen molar-refractivity contribution in [1.82, 2.24) is 14.8 Å². The minimum Gasteiger partial charge on any atom is -0.385 e. The van der Waals surface area contributed by atoms with Gasteiger partial charge in [-0.05, 0) is 44.7 Å². The largest absolute Gasteiger partial charge is 0.385 e. The van der Waals surface area contributed by atoms with Crippen molar-refractivity contribution in [3.63, 3.8) is 0 Å². The molecular weight excluding hydrogens is 302 g/mol. The molecule has 0 spiro atoms. The molecule has 0 aromatic carbocycles. The molecule has 24 heavy (non-hydrogen) atoms. The standard InChI is InChI=1S/C19H31N3O2/c1-16-14-21(15-17(2)22(16)11-6-12-24-3)19(23)9-4-7-18-8-5-10-20-13-18/h5,8,10,13,16-17H,4,6-7,9,11-12,14-15H2,1-3H3. The van der Waals surface area contributed by atoms with Crippen LogP contribution < -0.4 is 0 Å². The third kappa shape index (κ3) is 5.56. The molecule has 0 N–H and O–H groups in total. The molecule has 1 saturated heterocycles. The van der Waals surface area contributed by atoms with E-state index < -0.39 is 0 Å². The van der Waals surface area contributed by atoms with Gasteiger partial charge in [0.25, 0.3) is 0 Å². The number of rotatable bonds is 8. The van der Waals surface area contributed by atoms with E-state index in [2.05, 4.69) is 29.8 Å². The van der Waals surface area contributed by atoms with Crippen LogP contribution in [0.4, 0.5) is 0 Å². The van der Waals surface area contributed by atoms with E-state index in [-0.39, 0.29) is 5.91 Å². The van der Waals surface area contributed by atoms with E-state index in [0.717, 1.165) is 45.5 Å². The summed E-state index contributed by atoms with van der Waals surface area (Å²) >= 11 is 0. The summed E-state index contributed by atoms with van der Waals surface area (Å²) in [5.41, 5.74) is 1.20. The van der Waals surface area contributed by atoms with Crippen molar-refractivity contribution < 1.29 is 9.53 Å². The van der Waals surface area contributed by atoms with Crippen LogP contribution in [0.3, 0.4) is 0 Å². The number of hydrogen-bond acceptors (Lipinski definition) is 4. The van der Waals surface area contributed by atoms with E-state index in [0.29, 0.717) is 18.5 Å². The van der Waals surface area contributed by atoms with Gasteiger partial charge >= 0.3 is 0 Å². The van der Waals surface area contributed by atoms with Gasteiger partial charge in [0.2, 0.25) is 5.91 Å². The summed E-state index contributed by atoms with van der Waals surface area (Å²) < 4.78 is 5.15. The molecule has 2 atom stereocenters. The second kappa shape index (κ2) is 9.74. The van der Waals surface area contributed by atoms with Crippen molar-refractivity contribution in [3.8, 4) is 0 Å². The molecule has 5 heteroatoms. The van der Waals surface area contributed by atoms with Gasteiger partial charge in [0.05, 0.1) is 0 Å². The van der Waals surface area contributed by atoms with Crippen LogP contribution in [-0.4, -0.2) is 66.1 Å². The van der Waals surface area contributed by atoms with Crippen LogP contribution in [0.15, 0.2) is 24.5 Å². The first-order valence-electron chi connectivity index (χ1n) is 9.03. The van der Waals surface area contributed by atoms with Gasteiger partial charge in [-0.25, -0.2) is 0 Å². The predicted octanol–water partition coefficient (Wildman–Crippen LogP) is 2.36. The molecule has 1 aliphatic rings. The van der Waals surface area contributed by atoms with E-state index >= 15 is 0 Å². The summed E-state index contributed by atoms with van der Waals surface area (Å²) in [6.45, 7) is 7.95. The SMILES string of the molecule is COCCCN1C(C)CN(C(=O)CCCc2cccnc2)CC1C. The highest BCUT2D eigenvalue weighted by Crippen LogP contribution is 2.17. The lowest BCUT2D eigenvalue weighted by Crippen LogP contribution is -2.58. The number of methoxy groups -OCH3 is 1. The van der Waals surface area contributed by atoms with E-state index in [4.69, 9.17) is 4.74 Å². The van der Waals surface area contributed by atoms with Gasteiger partial charge in [0, 0.05) is 64.2 Å². The fourth-order valence-corrected chi connectivity index (χ4v) is 3.54. The minimum absolute atomic E-state index is 0.286. The highest BCUT2D eigenvalue weighted by atomic mass is 16.5. The first kappa shape index (κ1) is 18.9. The molecule has 1 fully saturated rings. The number of piperazine rings is 1. The average molecular weight is 333 g/mol. The fourth-order valence-electron chi connectivity index (χ4n) is 3.54. The van der Waals surface area contributed by atoms with Gasteiger partial charge in [0.15, 0.2) is 0 Å². The van der Waals surface area contributed by atoms with Gasteiger partial charge in [-0.15, -0.1) is 0 Å². The van der Waals surface area contributed by atoms with Crippen molar-refractivity contribution in [2.45, 2.75) is 51.6 Å². The number of nitrogens with zero attached hydrogens (tertiary/aromatic N) is 3. The van der Waals surface area contributed by atoms with Gasteiger partial charge in [-0.3, -0.25) is 14.7 Å². The van der Waals surface area contributed by atoms with E-state index in [1.807, 2.05) is 17.2 Å². The highest BCUT2D eigenvalue weighted by molar-refractivity contribution is 5.76. The highest BCUT2D eigenvalue weighted by Gasteiger charge is 2.30. The Morgan fingerprint density at radius 2 is 2.04 bits per heavy atom. The fraction of sp³-hybridized carbons (Fsp3) is 0.684. The molecule has 2 rings (SSSR count). The number of aromatic nitrogens is 1. The van der Waals surface area contributed by atoms with Crippen molar-refractivity contribution in [1.29, 1.82) is 0 Å². The predicted molar refractivity (Wildman–Crippen MR) is 95.9 cm³/mol. The number of amides is 1. The molecule has 5 nitrogen and oxygen atoms in total. The molecular formula is C19H31N3O2. The van der Waals surface area contributed by atoms with Crippen molar-refractivity contribution in [3.05, 3.63) is 30.1 Å². The quantitative estimate of drug-likeness (QED) is 0.685. The summed E-state index contributed by atoms with van der Waals surface area (Å²) in [6, 6.07) is 4.84. The number of carbonyl (C=O) groups is 1. The molecule has 134 valence electrons. The van der Waals surface area contributed by atoms with Gasteiger partial charge in [-0.1, -0.05) is 6.07 Å². The topological polar surface area (TPSA) is 45.7 Å². The number of hydrogen-bond donors (Lipinski definition) is 0. The third-order valence-electron chi connectivity index (χ3n) is 4.80. The molecule has 0 bridgehead atoms. The molecule has 1 aromatic heterocycles. The zero-order chi connectivity index (χ0) is 17.4. The monoisotopic (exact) mass is 333 g/mol. The maximum absolute atomic E-state index is 12.5. The number of aryl methyl sites for hydroxylation is 1. The molecule has 2 heterocycles. The Bertz CT molecular complexity index is 483. The summed E-state index contributed by atoms with van der Waals surface area (Å²) in [5, 5.41) is 0. The number of ether oxygens (including phenoxy) is 1. The van der Waals surface area contributed by atoms with Crippen molar-refractivity contribution in [2.75, 3.05) is 33.4 Å². The molecule has 2 unspecified atom stereocenters. The average Bonchev–Trinajstić information content (AvgIpc) is 2.58. The van der Waals surface area contributed by atoms with Crippen LogP contribution in [0, 0.1) is 0 Å². The zero-order valence-electron chi connectivity index (χ0n) is 15.3. The summed E-state index contributed by atoms with van der Waals surface area (Å²) in [4.78, 5) is 21.2. The summed E-state index contributed by atoms with van der Waals surface area (Å²) in [6.07, 6.45) is 7.14. The second-order valence-electron chi connectivity index (χ2n) is 6.80. The van der Waals surface area contributed by atoms with Crippen molar-refractivity contribution in [2.24, 2.45) is 0 Å². The Labute approximate surface area is 146 Å². The lowest BCUT2D eigenvalue weighted by atomic mass is 10.1. The smallest absolute Gasteiger partial charge is 0.222 e. The lowest BCUT2D eigenvalue weighted by Gasteiger charge is -2.44. The lowest BCUT2D eigenvalue weighted by molar-refractivity contribution is -0.135. The van der Waals surface area contributed by atoms with E-state index in [1.54, 1.807) is 13.3 Å². The van der Waals surface area contributed by atoms with Gasteiger partial charge < -0.3 is 9.64 Å². The van der Waals surface area contributed by atoms with Crippen LogP contribution in [0.25, 0.3) is 0 Å². The van der Waals surface area contributed by atoms with Crippen LogP contribution in [0.5, 0.6) is 0 Å². The maximum atomic E-state index is 12.5. The zero-order valence-corrected chi connectivity index (χ0v) is 15.3. The Morgan fingerprint density at radius 3 is 2.67 bits per heavy atom. The van der Waals surface area contributed by atoms with Gasteiger partial charge in [0.1, 0.15) is 0 Å². The number of pyridine rings is 1. The Morgan fingerprint density at radius 1 is 1.29 bits per heavy atom. The Hall–Kier alpha value is -1.46. The normalized spacial score (nSPS) is 21.9. The third-order valence-corrected chi connectivity index (χ3v) is 4.80. The van der Waals surface area contributed by atoms with Crippen LogP contribution in [-0.2, 0) is 16.0 Å². The Kier molecular flexibility index (Phi) is 7.66.